The van der Waals surface area contributed by atoms with Gasteiger partial charge in [-0.15, -0.1) is 0 Å². The Hall–Kier alpha value is -2.55. The van der Waals surface area contributed by atoms with Crippen molar-refractivity contribution in [3.05, 3.63) is 35.5 Å². The number of pyridine rings is 1. The number of rotatable bonds is 8. The zero-order valence-corrected chi connectivity index (χ0v) is 21.8. The summed E-state index contributed by atoms with van der Waals surface area (Å²) in [5.74, 6) is 0.882. The Morgan fingerprint density at radius 3 is 2.44 bits per heavy atom. The Kier molecular flexibility index (Phi) is 9.97. The average molecular weight is 492 g/mol. The number of aromatic nitrogens is 1. The molecule has 2 atom stereocenters. The third-order valence-electron chi connectivity index (χ3n) is 5.39. The monoisotopic (exact) mass is 491 g/mol. The Morgan fingerprint density at radius 2 is 1.85 bits per heavy atom. The molecule has 9 heteroatoms. The first-order valence-electron chi connectivity index (χ1n) is 11.4. The number of aliphatic hydroxyl groups is 1. The van der Waals surface area contributed by atoms with E-state index in [0.717, 1.165) is 41.7 Å². The molecular weight excluding hydrogens is 454 g/mol. The Morgan fingerprint density at radius 1 is 1.21 bits per heavy atom. The summed E-state index contributed by atoms with van der Waals surface area (Å²) in [7, 11) is 4.03. The van der Waals surface area contributed by atoms with E-state index in [-0.39, 0.29) is 12.2 Å². The summed E-state index contributed by atoms with van der Waals surface area (Å²) in [5.41, 5.74) is 3.08. The van der Waals surface area contributed by atoms with Crippen LogP contribution < -0.4 is 20.4 Å². The zero-order valence-electron chi connectivity index (χ0n) is 21.1. The maximum Gasteiger partial charge on any atom is 0.130 e. The molecule has 1 saturated heterocycles. The number of nitrogens with zero attached hydrogens (tertiary/aromatic N) is 3. The van der Waals surface area contributed by atoms with Crippen LogP contribution in [-0.4, -0.2) is 68.4 Å². The van der Waals surface area contributed by atoms with Gasteiger partial charge < -0.3 is 35.1 Å². The van der Waals surface area contributed by atoms with Crippen molar-refractivity contribution in [1.82, 2.24) is 4.98 Å². The van der Waals surface area contributed by atoms with E-state index < -0.39 is 5.60 Å². The van der Waals surface area contributed by atoms with E-state index in [1.807, 2.05) is 46.9 Å². The highest BCUT2D eigenvalue weighted by atomic mass is 35.5. The molecule has 8 nitrogen and oxygen atoms in total. The van der Waals surface area contributed by atoms with E-state index in [0.29, 0.717) is 18.0 Å². The lowest BCUT2D eigenvalue weighted by molar-refractivity contribution is -0.0980. The van der Waals surface area contributed by atoms with Gasteiger partial charge in [-0.2, -0.15) is 0 Å². The van der Waals surface area contributed by atoms with Crippen LogP contribution in [0.3, 0.4) is 0 Å². The first-order valence-corrected chi connectivity index (χ1v) is 11.8. The van der Waals surface area contributed by atoms with Crippen LogP contribution in [0.5, 0.6) is 0 Å². The summed E-state index contributed by atoms with van der Waals surface area (Å²) < 4.78 is 5.85. The molecule has 1 fully saturated rings. The van der Waals surface area contributed by atoms with Gasteiger partial charge in [0.1, 0.15) is 12.6 Å². The van der Waals surface area contributed by atoms with Crippen molar-refractivity contribution in [2.45, 2.75) is 51.9 Å². The predicted octanol–water partition coefficient (Wildman–Crippen LogP) is 4.55. The van der Waals surface area contributed by atoms with Gasteiger partial charge in [0.25, 0.3) is 0 Å². The molecule has 1 aromatic carbocycles. The van der Waals surface area contributed by atoms with Gasteiger partial charge >= 0.3 is 0 Å². The van der Waals surface area contributed by atoms with E-state index >= 15 is 0 Å². The lowest BCUT2D eigenvalue weighted by Crippen LogP contribution is -2.45. The third-order valence-corrected chi connectivity index (χ3v) is 5.70. The standard InChI is InChI=1S/C24H36ClN5O2.CH2O/c1-16-14-30(15-17(2)32-16)23-12-20(19(25)13-27-23)28-18-7-8-22(29(5)6)21(11-18)26-10-9-24(3,4)31;1-2/h7-8,11-13,16-17,26,31H,9-10,14-15H2,1-6H3,(H,27,28);1H2. The van der Waals surface area contributed by atoms with Crippen LogP contribution >= 0.6 is 11.6 Å². The van der Waals surface area contributed by atoms with Crippen LogP contribution in [0.1, 0.15) is 34.1 Å². The van der Waals surface area contributed by atoms with Crippen LogP contribution in [0.15, 0.2) is 30.5 Å². The second-order valence-corrected chi connectivity index (χ2v) is 9.83. The second kappa shape index (κ2) is 12.2. The summed E-state index contributed by atoms with van der Waals surface area (Å²) in [6.07, 6.45) is 2.65. The van der Waals surface area contributed by atoms with Crippen molar-refractivity contribution in [1.29, 1.82) is 0 Å². The van der Waals surface area contributed by atoms with Gasteiger partial charge in [0, 0.05) is 45.5 Å². The maximum atomic E-state index is 10.0. The summed E-state index contributed by atoms with van der Waals surface area (Å²) >= 11 is 6.48. The minimum Gasteiger partial charge on any atom is -0.390 e. The van der Waals surface area contributed by atoms with E-state index in [4.69, 9.17) is 21.1 Å². The summed E-state index contributed by atoms with van der Waals surface area (Å²) in [6, 6.07) is 8.16. The van der Waals surface area contributed by atoms with E-state index in [1.54, 1.807) is 6.20 Å². The smallest absolute Gasteiger partial charge is 0.130 e. The van der Waals surface area contributed by atoms with Crippen molar-refractivity contribution in [2.75, 3.05) is 54.2 Å². The number of ether oxygens (including phenoxy) is 1. The first-order chi connectivity index (χ1) is 16.0. The fourth-order valence-corrected chi connectivity index (χ4v) is 4.02. The van der Waals surface area contributed by atoms with Crippen molar-refractivity contribution in [3.8, 4) is 0 Å². The normalized spacial score (nSPS) is 18.1. The molecule has 34 heavy (non-hydrogen) atoms. The van der Waals surface area contributed by atoms with Crippen molar-refractivity contribution < 1.29 is 14.6 Å². The van der Waals surface area contributed by atoms with Crippen molar-refractivity contribution in [2.24, 2.45) is 0 Å². The fourth-order valence-electron chi connectivity index (χ4n) is 3.87. The minimum absolute atomic E-state index is 0.156. The van der Waals surface area contributed by atoms with Crippen LogP contribution in [0.4, 0.5) is 28.6 Å². The summed E-state index contributed by atoms with van der Waals surface area (Å²) in [5, 5.41) is 17.5. The SMILES string of the molecule is C=O.CC1CN(c2cc(Nc3ccc(N(C)C)c(NCCC(C)(C)O)c3)c(Cl)cn2)CC(C)O1. The Bertz CT molecular complexity index is 925. The fraction of sp³-hybridized carbons (Fsp3) is 0.520. The Labute approximate surface area is 208 Å². The molecule has 2 unspecified atom stereocenters. The first kappa shape index (κ1) is 27.7. The number of anilines is 5. The largest absolute Gasteiger partial charge is 0.390 e. The van der Waals surface area contributed by atoms with E-state index in [1.165, 1.54) is 0 Å². The van der Waals surface area contributed by atoms with E-state index in [2.05, 4.69) is 51.4 Å². The maximum absolute atomic E-state index is 10.0. The molecule has 2 heterocycles. The molecule has 2 aromatic rings. The van der Waals surface area contributed by atoms with Crippen molar-refractivity contribution in [3.63, 3.8) is 0 Å². The summed E-state index contributed by atoms with van der Waals surface area (Å²) in [4.78, 5) is 16.8. The highest BCUT2D eigenvalue weighted by molar-refractivity contribution is 6.33. The highest BCUT2D eigenvalue weighted by Crippen LogP contribution is 2.33. The number of carbonyl (C=O) groups excluding carboxylic acids is 1. The van der Waals surface area contributed by atoms with Crippen LogP contribution in [-0.2, 0) is 9.53 Å². The quantitative estimate of drug-likeness (QED) is 0.495. The molecule has 1 aliphatic rings. The molecule has 3 rings (SSSR count). The zero-order chi connectivity index (χ0) is 25.5. The second-order valence-electron chi connectivity index (χ2n) is 9.43. The molecular formula is C25H38ClN5O3. The number of benzene rings is 1. The van der Waals surface area contributed by atoms with Crippen LogP contribution in [0.25, 0.3) is 0 Å². The number of hydrogen-bond acceptors (Lipinski definition) is 8. The van der Waals surface area contributed by atoms with Gasteiger partial charge in [0.15, 0.2) is 0 Å². The molecule has 1 aromatic heterocycles. The number of morpholine rings is 1. The van der Waals surface area contributed by atoms with E-state index in [9.17, 15) is 5.11 Å². The lowest BCUT2D eigenvalue weighted by Gasteiger charge is -2.36. The molecule has 0 radical (unpaired) electrons. The summed E-state index contributed by atoms with van der Waals surface area (Å²) in [6.45, 7) is 12.1. The molecule has 3 N–H and O–H groups in total. The molecule has 0 spiro atoms. The van der Waals surface area contributed by atoms with Crippen LogP contribution in [0, 0.1) is 0 Å². The number of halogens is 1. The predicted molar refractivity (Wildman–Crippen MR) is 142 cm³/mol. The van der Waals surface area contributed by atoms with Gasteiger partial charge in [-0.05, 0) is 52.3 Å². The number of nitrogens with one attached hydrogen (secondary N) is 2. The number of hydrogen-bond donors (Lipinski definition) is 3. The number of carbonyl (C=O) groups is 1. The lowest BCUT2D eigenvalue weighted by atomic mass is 10.1. The topological polar surface area (TPSA) is 90.0 Å². The molecule has 0 saturated carbocycles. The molecule has 1 aliphatic heterocycles. The van der Waals surface area contributed by atoms with Gasteiger partial charge in [-0.25, -0.2) is 4.98 Å². The van der Waals surface area contributed by atoms with Crippen molar-refractivity contribution >= 4 is 47.0 Å². The van der Waals surface area contributed by atoms with Gasteiger partial charge in [-0.3, -0.25) is 0 Å². The van der Waals surface area contributed by atoms with Gasteiger partial charge in [0.2, 0.25) is 0 Å². The Balaban J connectivity index is 0.00000199. The third kappa shape index (κ3) is 8.04. The van der Waals surface area contributed by atoms with Crippen LogP contribution in [0.2, 0.25) is 5.02 Å². The molecule has 0 amide bonds. The minimum atomic E-state index is -0.712. The molecule has 0 aliphatic carbocycles. The molecule has 0 bridgehead atoms. The average Bonchev–Trinajstić information content (AvgIpc) is 2.75. The van der Waals surface area contributed by atoms with Gasteiger partial charge in [0.05, 0.1) is 46.1 Å². The highest BCUT2D eigenvalue weighted by Gasteiger charge is 2.23. The molecule has 188 valence electrons. The van der Waals surface area contributed by atoms with Gasteiger partial charge in [-0.1, -0.05) is 11.6 Å².